The second kappa shape index (κ2) is 9.58. The highest BCUT2D eigenvalue weighted by Crippen LogP contribution is 2.43. The molecule has 35 heavy (non-hydrogen) atoms. The number of anilines is 2. The van der Waals surface area contributed by atoms with Crippen molar-refractivity contribution in [2.24, 2.45) is 0 Å². The normalized spacial score (nSPS) is 15.8. The lowest BCUT2D eigenvalue weighted by atomic mass is 9.94. The topological polar surface area (TPSA) is 73.7 Å². The Kier molecular flexibility index (Phi) is 6.71. The predicted octanol–water partition coefficient (Wildman–Crippen LogP) is 5.67. The third kappa shape index (κ3) is 4.32. The van der Waals surface area contributed by atoms with Crippen LogP contribution in [0.25, 0.3) is 0 Å². The number of benzene rings is 2. The van der Waals surface area contributed by atoms with Gasteiger partial charge >= 0.3 is 0 Å². The predicted molar refractivity (Wildman–Crippen MR) is 132 cm³/mol. The first kappa shape index (κ1) is 24.5. The van der Waals surface area contributed by atoms with Gasteiger partial charge in [0.1, 0.15) is 0 Å². The van der Waals surface area contributed by atoms with Crippen molar-refractivity contribution >= 4 is 34.4 Å². The molecule has 0 aliphatic carbocycles. The zero-order chi connectivity index (χ0) is 25.4. The molecular formula is C26H25F2N3O3S. The quantitative estimate of drug-likeness (QED) is 0.426. The van der Waals surface area contributed by atoms with Gasteiger partial charge in [0, 0.05) is 30.5 Å². The van der Waals surface area contributed by atoms with Crippen LogP contribution in [-0.4, -0.2) is 34.9 Å². The standard InChI is InChI=1S/C26H25F2N3O3S/c1-5-30(6-2)17-9-7-16(8-10-17)22-21(23(32)25-14(3)29-15(4)35-25)24(33)26(34)31(22)18-11-12-19(27)20(28)13-18/h7-13,22,33H,5-6H2,1-4H3. The number of hydrogen-bond acceptors (Lipinski definition) is 6. The molecule has 3 aromatic rings. The molecule has 0 radical (unpaired) electrons. The SMILES string of the molecule is CCN(CC)c1ccc(C2C(C(=O)c3sc(C)nc3C)=C(O)C(=O)N2c2ccc(F)c(F)c2)cc1. The number of nitrogens with zero attached hydrogens (tertiary/aromatic N) is 3. The van der Waals surface area contributed by atoms with Crippen LogP contribution >= 0.6 is 11.3 Å². The van der Waals surface area contributed by atoms with Gasteiger partial charge in [-0.25, -0.2) is 13.8 Å². The highest BCUT2D eigenvalue weighted by atomic mass is 32.1. The number of aliphatic hydroxyl groups is 1. The molecule has 6 nitrogen and oxygen atoms in total. The minimum Gasteiger partial charge on any atom is -0.503 e. The zero-order valence-corrected chi connectivity index (χ0v) is 20.6. The van der Waals surface area contributed by atoms with E-state index in [-0.39, 0.29) is 11.3 Å². The summed E-state index contributed by atoms with van der Waals surface area (Å²) in [7, 11) is 0. The molecule has 2 aromatic carbocycles. The van der Waals surface area contributed by atoms with Crippen LogP contribution in [0.2, 0.25) is 0 Å². The van der Waals surface area contributed by atoms with Crippen LogP contribution in [0, 0.1) is 25.5 Å². The summed E-state index contributed by atoms with van der Waals surface area (Å²) in [6.07, 6.45) is 0. The Morgan fingerprint density at radius 1 is 1.09 bits per heavy atom. The molecule has 0 saturated heterocycles. The van der Waals surface area contributed by atoms with E-state index in [1.807, 2.05) is 26.0 Å². The molecule has 1 aliphatic heterocycles. The van der Waals surface area contributed by atoms with E-state index in [2.05, 4.69) is 9.88 Å². The van der Waals surface area contributed by atoms with Crippen molar-refractivity contribution < 1.29 is 23.5 Å². The molecule has 182 valence electrons. The third-order valence-corrected chi connectivity index (χ3v) is 7.15. The molecule has 1 unspecified atom stereocenters. The van der Waals surface area contributed by atoms with Crippen LogP contribution in [0.15, 0.2) is 53.8 Å². The van der Waals surface area contributed by atoms with Crippen LogP contribution < -0.4 is 9.80 Å². The molecule has 2 heterocycles. The molecule has 1 N–H and O–H groups in total. The van der Waals surface area contributed by atoms with Gasteiger partial charge in [-0.2, -0.15) is 0 Å². The van der Waals surface area contributed by atoms with Crippen LogP contribution in [0.4, 0.5) is 20.2 Å². The Morgan fingerprint density at radius 2 is 1.74 bits per heavy atom. The highest BCUT2D eigenvalue weighted by molar-refractivity contribution is 7.14. The summed E-state index contributed by atoms with van der Waals surface area (Å²) >= 11 is 1.17. The summed E-state index contributed by atoms with van der Waals surface area (Å²) in [5.74, 6) is -4.31. The summed E-state index contributed by atoms with van der Waals surface area (Å²) in [5.41, 5.74) is 1.90. The minimum absolute atomic E-state index is 0.0262. The lowest BCUT2D eigenvalue weighted by Gasteiger charge is -2.28. The van der Waals surface area contributed by atoms with Crippen LogP contribution in [-0.2, 0) is 4.79 Å². The molecule has 0 fully saturated rings. The van der Waals surface area contributed by atoms with E-state index in [9.17, 15) is 23.5 Å². The average Bonchev–Trinajstić information content (AvgIpc) is 3.31. The van der Waals surface area contributed by atoms with Gasteiger partial charge in [-0.1, -0.05) is 12.1 Å². The maximum Gasteiger partial charge on any atom is 0.294 e. The summed E-state index contributed by atoms with van der Waals surface area (Å²) in [5, 5.41) is 11.5. The van der Waals surface area contributed by atoms with Crippen LogP contribution in [0.5, 0.6) is 0 Å². The first-order valence-electron chi connectivity index (χ1n) is 11.2. The molecule has 4 rings (SSSR count). The fraction of sp³-hybridized carbons (Fsp3) is 0.269. The summed E-state index contributed by atoms with van der Waals surface area (Å²) < 4.78 is 27.8. The summed E-state index contributed by atoms with van der Waals surface area (Å²) in [6.45, 7) is 9.12. The van der Waals surface area contributed by atoms with E-state index in [4.69, 9.17) is 0 Å². The second-order valence-electron chi connectivity index (χ2n) is 8.18. The second-order valence-corrected chi connectivity index (χ2v) is 9.38. The first-order valence-corrected chi connectivity index (χ1v) is 12.0. The molecule has 0 saturated carbocycles. The molecule has 9 heteroatoms. The van der Waals surface area contributed by atoms with Gasteiger partial charge in [0.25, 0.3) is 5.91 Å². The van der Waals surface area contributed by atoms with Crippen molar-refractivity contribution in [1.29, 1.82) is 0 Å². The van der Waals surface area contributed by atoms with Gasteiger partial charge in [-0.3, -0.25) is 14.5 Å². The summed E-state index contributed by atoms with van der Waals surface area (Å²) in [4.78, 5) is 34.7. The van der Waals surface area contributed by atoms with Gasteiger partial charge < -0.3 is 10.0 Å². The van der Waals surface area contributed by atoms with E-state index >= 15 is 0 Å². The number of halogens is 2. The fourth-order valence-electron chi connectivity index (χ4n) is 4.37. The number of carbonyl (C=O) groups excluding carboxylic acids is 2. The molecule has 1 aromatic heterocycles. The number of Topliss-reactive ketones (excluding diaryl/α,β-unsaturated/α-hetero) is 1. The molecule has 0 spiro atoms. The fourth-order valence-corrected chi connectivity index (χ4v) is 5.25. The van der Waals surface area contributed by atoms with Crippen molar-refractivity contribution in [2.45, 2.75) is 33.7 Å². The van der Waals surface area contributed by atoms with E-state index in [0.717, 1.165) is 35.8 Å². The highest BCUT2D eigenvalue weighted by Gasteiger charge is 2.45. The number of amides is 1. The third-order valence-electron chi connectivity index (χ3n) is 6.08. The van der Waals surface area contributed by atoms with Gasteiger partial charge in [0.15, 0.2) is 17.4 Å². The van der Waals surface area contributed by atoms with E-state index < -0.39 is 35.1 Å². The Bertz CT molecular complexity index is 1330. The Balaban J connectivity index is 1.87. The summed E-state index contributed by atoms with van der Waals surface area (Å²) in [6, 6.07) is 9.29. The number of thiazole rings is 1. The number of carbonyl (C=O) groups is 2. The zero-order valence-electron chi connectivity index (χ0n) is 19.8. The van der Waals surface area contributed by atoms with Gasteiger partial charge in [-0.15, -0.1) is 11.3 Å². The molecule has 1 amide bonds. The van der Waals surface area contributed by atoms with Gasteiger partial charge in [0.2, 0.25) is 5.78 Å². The number of aryl methyl sites for hydroxylation is 2. The van der Waals surface area contributed by atoms with Crippen molar-refractivity contribution in [2.75, 3.05) is 22.9 Å². The first-order chi connectivity index (χ1) is 16.7. The van der Waals surface area contributed by atoms with Crippen molar-refractivity contribution in [3.05, 3.63) is 86.6 Å². The lowest BCUT2D eigenvalue weighted by Crippen LogP contribution is -2.31. The largest absolute Gasteiger partial charge is 0.503 e. The van der Waals surface area contributed by atoms with Gasteiger partial charge in [0.05, 0.1) is 27.2 Å². The Labute approximate surface area is 206 Å². The Hall–Kier alpha value is -3.59. The average molecular weight is 498 g/mol. The molecule has 1 atom stereocenters. The Morgan fingerprint density at radius 3 is 2.29 bits per heavy atom. The lowest BCUT2D eigenvalue weighted by molar-refractivity contribution is -0.117. The maximum atomic E-state index is 14.1. The maximum absolute atomic E-state index is 14.1. The van der Waals surface area contributed by atoms with Crippen molar-refractivity contribution in [1.82, 2.24) is 4.98 Å². The van der Waals surface area contributed by atoms with Crippen molar-refractivity contribution in [3.8, 4) is 0 Å². The monoisotopic (exact) mass is 497 g/mol. The number of rotatable bonds is 7. The number of aromatic nitrogens is 1. The smallest absolute Gasteiger partial charge is 0.294 e. The molecule has 1 aliphatic rings. The van der Waals surface area contributed by atoms with Gasteiger partial charge in [-0.05, 0) is 57.5 Å². The van der Waals surface area contributed by atoms with Crippen LogP contribution in [0.1, 0.15) is 45.8 Å². The number of hydrogen-bond donors (Lipinski definition) is 1. The minimum atomic E-state index is -1.14. The molecule has 0 bridgehead atoms. The van der Waals surface area contributed by atoms with E-state index in [1.165, 1.54) is 17.4 Å². The van der Waals surface area contributed by atoms with Crippen molar-refractivity contribution in [3.63, 3.8) is 0 Å². The van der Waals surface area contributed by atoms with E-state index in [1.54, 1.807) is 26.0 Å². The number of ketones is 1. The number of aliphatic hydroxyl groups excluding tert-OH is 1. The molecular weight excluding hydrogens is 472 g/mol. The van der Waals surface area contributed by atoms with Crippen LogP contribution in [0.3, 0.4) is 0 Å². The van der Waals surface area contributed by atoms with E-state index in [0.29, 0.717) is 21.1 Å².